The SMILES string of the molecule is Cc1ccc(-c2csc(NC(=O)c3ccc(F)cc3)c2C(=O)OC(=O)c2c(-c3ccc(Br)cc3)csc2NC(=O)c2cccc(F)c2)cc1. The maximum Gasteiger partial charge on any atom is 0.349 e. The molecule has 0 atom stereocenters. The lowest BCUT2D eigenvalue weighted by Crippen LogP contribution is -2.19. The highest BCUT2D eigenvalue weighted by molar-refractivity contribution is 9.10. The van der Waals surface area contributed by atoms with Crippen molar-refractivity contribution in [2.75, 3.05) is 10.6 Å². The van der Waals surface area contributed by atoms with Gasteiger partial charge in [0.2, 0.25) is 0 Å². The van der Waals surface area contributed by atoms with Crippen molar-refractivity contribution < 1.29 is 32.7 Å². The Morgan fingerprint density at radius 2 is 1.14 bits per heavy atom. The molecule has 49 heavy (non-hydrogen) atoms. The molecule has 0 saturated heterocycles. The van der Waals surface area contributed by atoms with Gasteiger partial charge >= 0.3 is 11.9 Å². The van der Waals surface area contributed by atoms with Crippen molar-refractivity contribution in [3.8, 4) is 22.3 Å². The van der Waals surface area contributed by atoms with Gasteiger partial charge in [-0.3, -0.25) is 9.59 Å². The summed E-state index contributed by atoms with van der Waals surface area (Å²) in [5.74, 6) is -4.51. The lowest BCUT2D eigenvalue weighted by molar-refractivity contribution is 0.0401. The van der Waals surface area contributed by atoms with Crippen LogP contribution in [0, 0.1) is 18.6 Å². The highest BCUT2D eigenvalue weighted by Gasteiger charge is 2.30. The molecule has 0 aliphatic carbocycles. The number of ether oxygens (including phenoxy) is 1. The highest BCUT2D eigenvalue weighted by atomic mass is 79.9. The van der Waals surface area contributed by atoms with E-state index in [1.54, 1.807) is 47.2 Å². The average molecular weight is 758 g/mol. The van der Waals surface area contributed by atoms with Crippen LogP contribution in [0.4, 0.5) is 18.8 Å². The molecule has 6 rings (SSSR count). The number of aryl methyl sites for hydroxylation is 1. The fourth-order valence-corrected chi connectivity index (χ4v) is 7.03. The summed E-state index contributed by atoms with van der Waals surface area (Å²) in [5.41, 5.74) is 3.04. The molecular weight excluding hydrogens is 734 g/mol. The first-order valence-electron chi connectivity index (χ1n) is 14.5. The van der Waals surface area contributed by atoms with E-state index in [9.17, 15) is 28.0 Å². The fraction of sp³-hybridized carbons (Fsp3) is 0.0270. The standard InChI is InChI=1S/C37H23BrF2N2O5S2/c1-20-5-7-21(8-6-20)28-18-48-34(41-32(43)23-11-15-26(39)16-12-23)30(28)36(45)47-37(46)31-29(22-9-13-25(38)14-10-22)19-49-35(31)42-33(44)24-3-2-4-27(40)17-24/h2-19H,1H3,(H,41,43)(H,42,44). The van der Waals surface area contributed by atoms with Gasteiger partial charge < -0.3 is 15.4 Å². The molecule has 0 unspecified atom stereocenters. The first kappa shape index (κ1) is 33.6. The molecule has 2 heterocycles. The number of hydrogen-bond acceptors (Lipinski definition) is 7. The lowest BCUT2D eigenvalue weighted by Gasteiger charge is -2.11. The molecule has 0 radical (unpaired) electrons. The predicted octanol–water partition coefficient (Wildman–Crippen LogP) is 9.99. The molecule has 2 amide bonds. The summed E-state index contributed by atoms with van der Waals surface area (Å²) in [6.45, 7) is 1.91. The van der Waals surface area contributed by atoms with E-state index in [1.807, 2.05) is 19.1 Å². The number of anilines is 2. The minimum atomic E-state index is -1.06. The Kier molecular flexibility index (Phi) is 9.90. The van der Waals surface area contributed by atoms with Crippen molar-refractivity contribution in [1.82, 2.24) is 0 Å². The number of thiophene rings is 2. The van der Waals surface area contributed by atoms with Gasteiger partial charge in [-0.25, -0.2) is 18.4 Å². The molecule has 0 fully saturated rings. The molecule has 2 N–H and O–H groups in total. The molecule has 4 aromatic carbocycles. The molecule has 2 aromatic heterocycles. The van der Waals surface area contributed by atoms with Crippen LogP contribution in [0.25, 0.3) is 22.3 Å². The zero-order valence-electron chi connectivity index (χ0n) is 25.4. The molecule has 244 valence electrons. The molecule has 0 saturated carbocycles. The van der Waals surface area contributed by atoms with Crippen LogP contribution in [0.1, 0.15) is 47.0 Å². The number of amides is 2. The molecule has 12 heteroatoms. The summed E-state index contributed by atoms with van der Waals surface area (Å²) in [6, 6.07) is 24.3. The van der Waals surface area contributed by atoms with E-state index < -0.39 is 35.4 Å². The molecule has 0 aliphatic heterocycles. The summed E-state index contributed by atoms with van der Waals surface area (Å²) in [7, 11) is 0. The molecular formula is C37H23BrF2N2O5S2. The van der Waals surface area contributed by atoms with E-state index in [-0.39, 0.29) is 32.3 Å². The van der Waals surface area contributed by atoms with E-state index in [2.05, 4.69) is 26.6 Å². The number of esters is 2. The summed E-state index contributed by atoms with van der Waals surface area (Å²) in [5, 5.41) is 8.85. The summed E-state index contributed by atoms with van der Waals surface area (Å²) < 4.78 is 33.7. The maximum absolute atomic E-state index is 14.0. The second-order valence-corrected chi connectivity index (χ2v) is 13.4. The van der Waals surface area contributed by atoms with Gasteiger partial charge in [0.15, 0.2) is 0 Å². The zero-order valence-corrected chi connectivity index (χ0v) is 28.6. The first-order valence-corrected chi connectivity index (χ1v) is 17.1. The van der Waals surface area contributed by atoms with Crippen molar-refractivity contribution in [2.45, 2.75) is 6.92 Å². The van der Waals surface area contributed by atoms with Gasteiger partial charge in [-0.05, 0) is 72.6 Å². The van der Waals surface area contributed by atoms with Crippen molar-refractivity contribution in [3.05, 3.63) is 152 Å². The normalized spacial score (nSPS) is 10.8. The van der Waals surface area contributed by atoms with Crippen LogP contribution >= 0.6 is 38.6 Å². The Labute approximate surface area is 295 Å². The molecule has 6 aromatic rings. The van der Waals surface area contributed by atoms with Crippen LogP contribution in [0.5, 0.6) is 0 Å². The first-order chi connectivity index (χ1) is 23.6. The minimum Gasteiger partial charge on any atom is -0.386 e. The topological polar surface area (TPSA) is 102 Å². The Morgan fingerprint density at radius 1 is 0.633 bits per heavy atom. The summed E-state index contributed by atoms with van der Waals surface area (Å²) >= 11 is 5.49. The number of carbonyl (C=O) groups is 4. The van der Waals surface area contributed by atoms with Gasteiger partial charge in [-0.15, -0.1) is 22.7 Å². The number of hydrogen-bond donors (Lipinski definition) is 2. The van der Waals surface area contributed by atoms with Crippen molar-refractivity contribution >= 4 is 72.4 Å². The van der Waals surface area contributed by atoms with Gasteiger partial charge in [0.25, 0.3) is 11.8 Å². The van der Waals surface area contributed by atoms with Crippen LogP contribution in [-0.2, 0) is 4.74 Å². The van der Waals surface area contributed by atoms with Gasteiger partial charge in [0.1, 0.15) is 32.8 Å². The van der Waals surface area contributed by atoms with Gasteiger partial charge in [0.05, 0.1) is 0 Å². The summed E-state index contributed by atoms with van der Waals surface area (Å²) in [6.07, 6.45) is 0. The number of nitrogens with one attached hydrogen (secondary N) is 2. The van der Waals surface area contributed by atoms with E-state index in [0.29, 0.717) is 22.3 Å². The van der Waals surface area contributed by atoms with E-state index in [1.165, 1.54) is 30.3 Å². The molecule has 0 bridgehead atoms. The third-order valence-electron chi connectivity index (χ3n) is 7.34. The van der Waals surface area contributed by atoms with Crippen LogP contribution < -0.4 is 10.6 Å². The Bertz CT molecular complexity index is 2210. The largest absolute Gasteiger partial charge is 0.386 e. The quantitative estimate of drug-likeness (QED) is 0.119. The second kappa shape index (κ2) is 14.4. The van der Waals surface area contributed by atoms with E-state index in [4.69, 9.17) is 4.74 Å². The third-order valence-corrected chi connectivity index (χ3v) is 9.66. The summed E-state index contributed by atoms with van der Waals surface area (Å²) in [4.78, 5) is 54.1. The van der Waals surface area contributed by atoms with Crippen molar-refractivity contribution in [1.29, 1.82) is 0 Å². The number of halogens is 3. The van der Waals surface area contributed by atoms with Gasteiger partial charge in [-0.2, -0.15) is 0 Å². The zero-order chi connectivity index (χ0) is 34.7. The molecule has 7 nitrogen and oxygen atoms in total. The monoisotopic (exact) mass is 756 g/mol. The number of carbonyl (C=O) groups excluding carboxylic acids is 4. The molecule has 0 aliphatic rings. The number of rotatable bonds is 8. The predicted molar refractivity (Wildman–Crippen MR) is 190 cm³/mol. The van der Waals surface area contributed by atoms with Gasteiger partial charge in [0, 0.05) is 37.5 Å². The minimum absolute atomic E-state index is 0.0246. The van der Waals surface area contributed by atoms with Crippen molar-refractivity contribution in [3.63, 3.8) is 0 Å². The molecule has 0 spiro atoms. The smallest absolute Gasteiger partial charge is 0.349 e. The number of benzene rings is 4. The highest BCUT2D eigenvalue weighted by Crippen LogP contribution is 2.39. The third kappa shape index (κ3) is 7.56. The van der Waals surface area contributed by atoms with E-state index in [0.717, 1.165) is 50.9 Å². The van der Waals surface area contributed by atoms with Crippen LogP contribution in [-0.4, -0.2) is 23.8 Å². The van der Waals surface area contributed by atoms with E-state index >= 15 is 0 Å². The maximum atomic E-state index is 14.0. The average Bonchev–Trinajstić information content (AvgIpc) is 3.70. The fourth-order valence-electron chi connectivity index (χ4n) is 4.86. The Balaban J connectivity index is 1.37. The lowest BCUT2D eigenvalue weighted by atomic mass is 10.0. The Morgan fingerprint density at radius 3 is 1.67 bits per heavy atom. The second-order valence-electron chi connectivity index (χ2n) is 10.7. The van der Waals surface area contributed by atoms with Gasteiger partial charge in [-0.1, -0.05) is 64.0 Å². The van der Waals surface area contributed by atoms with Crippen molar-refractivity contribution in [2.24, 2.45) is 0 Å². The van der Waals surface area contributed by atoms with Crippen LogP contribution in [0.15, 0.2) is 112 Å². The van der Waals surface area contributed by atoms with Crippen LogP contribution in [0.3, 0.4) is 0 Å². The Hall–Kier alpha value is -5.30. The van der Waals surface area contributed by atoms with Crippen LogP contribution in [0.2, 0.25) is 0 Å².